The van der Waals surface area contributed by atoms with Gasteiger partial charge in [-0.05, 0) is 110 Å². The number of hydrogen-bond acceptors (Lipinski definition) is 17. The third-order valence-electron chi connectivity index (χ3n) is 13.9. The summed E-state index contributed by atoms with van der Waals surface area (Å²) in [6.45, 7) is 12.6. The van der Waals surface area contributed by atoms with E-state index in [1.807, 2.05) is 23.6 Å². The molecule has 8 rings (SSSR count). The number of rotatable bonds is 19. The number of ether oxygens (including phenoxy) is 4. The van der Waals surface area contributed by atoms with Gasteiger partial charge < -0.3 is 60.2 Å². The second-order valence-corrected chi connectivity index (χ2v) is 21.0. The standard InChI is InChI=1S/C29H34FN5O6S.C26H30FN5O6.C4H8S/c1-3-25(36)32-20-7-5-19(6-8-20)28(38)40-18-27(37)34-13-11-33(12-14-34)24-10-9-21(15-23(24)30)35-17-22(41-29(35)39)16-31-26(42)4-2;1-2-23(33)29-18-5-3-17(4-6-18)25(35)37-16-24(34)31-11-9-30(10-12-31)22-8-7-19(13-21(22)27)32-15-20(14-28)38-26(32)36;1-3-4(2)5/h5-10,15,22H,3-4,11-14,16-18H2,1-2H3,(H,31,42)(H,32,36);3-8,13,20H,2,9-12,14-16,28H2,1H3,(H,29,33);3H2,1-2H3/t22-;20-;/m00./s1. The molecule has 4 heterocycles. The second kappa shape index (κ2) is 32.1. The van der Waals surface area contributed by atoms with Crippen molar-refractivity contribution in [2.75, 3.05) is 122 Å². The fourth-order valence-corrected chi connectivity index (χ4v) is 8.85. The van der Waals surface area contributed by atoms with Crippen molar-refractivity contribution < 1.29 is 66.1 Å². The largest absolute Gasteiger partial charge is 0.452 e. The third kappa shape index (κ3) is 19.1. The van der Waals surface area contributed by atoms with Crippen LogP contribution >= 0.6 is 24.4 Å². The minimum Gasteiger partial charge on any atom is -0.452 e. The highest BCUT2D eigenvalue weighted by Gasteiger charge is 2.35. The normalized spacial score (nSPS) is 16.4. The van der Waals surface area contributed by atoms with Crippen LogP contribution in [0.5, 0.6) is 0 Å². The van der Waals surface area contributed by atoms with E-state index in [9.17, 15) is 42.7 Å². The highest BCUT2D eigenvalue weighted by Crippen LogP contribution is 2.31. The number of nitrogens with zero attached hydrogens (tertiary/aromatic N) is 6. The molecule has 26 heteroatoms. The van der Waals surface area contributed by atoms with Gasteiger partial charge in [0, 0.05) is 83.1 Å². The van der Waals surface area contributed by atoms with Gasteiger partial charge in [-0.2, -0.15) is 0 Å². The molecule has 4 aliphatic rings. The number of benzene rings is 4. The van der Waals surface area contributed by atoms with Gasteiger partial charge >= 0.3 is 24.1 Å². The van der Waals surface area contributed by atoms with Crippen molar-refractivity contribution in [3.8, 4) is 0 Å². The highest BCUT2D eigenvalue weighted by molar-refractivity contribution is 7.80. The molecule has 2 atom stereocenters. The molecule has 0 spiro atoms. The number of amides is 6. The minimum absolute atomic E-state index is 0.138. The van der Waals surface area contributed by atoms with Crippen LogP contribution in [0.25, 0.3) is 0 Å². The first-order valence-corrected chi connectivity index (χ1v) is 28.8. The molecule has 0 radical (unpaired) electrons. The molecule has 85 heavy (non-hydrogen) atoms. The number of anilines is 6. The van der Waals surface area contributed by atoms with Gasteiger partial charge in [0.1, 0.15) is 23.8 Å². The number of carbonyl (C=O) groups excluding carboxylic acids is 8. The number of piperazine rings is 2. The van der Waals surface area contributed by atoms with E-state index >= 15 is 4.39 Å². The number of halogens is 2. The Hall–Kier alpha value is -8.36. The van der Waals surface area contributed by atoms with Crippen LogP contribution in [0.15, 0.2) is 84.9 Å². The zero-order chi connectivity index (χ0) is 61.7. The Balaban J connectivity index is 0.000000253. The topological polar surface area (TPSA) is 255 Å². The molecule has 4 fully saturated rings. The number of nitrogens with two attached hydrogens (primary N) is 1. The van der Waals surface area contributed by atoms with E-state index in [0.717, 1.165) is 11.3 Å². The molecule has 0 aliphatic carbocycles. The summed E-state index contributed by atoms with van der Waals surface area (Å²) in [5.74, 6) is -3.23. The second-order valence-electron chi connectivity index (χ2n) is 19.8. The van der Waals surface area contributed by atoms with Crippen LogP contribution in [0, 0.1) is 11.6 Å². The smallest absolute Gasteiger partial charge is 0.414 e. The van der Waals surface area contributed by atoms with Gasteiger partial charge in [0.15, 0.2) is 13.2 Å². The zero-order valence-electron chi connectivity index (χ0n) is 48.2. The molecule has 0 bridgehead atoms. The lowest BCUT2D eigenvalue weighted by atomic mass is 10.2. The van der Waals surface area contributed by atoms with Crippen molar-refractivity contribution in [2.24, 2.45) is 5.73 Å². The van der Waals surface area contributed by atoms with Crippen LogP contribution in [0.1, 0.15) is 81.0 Å². The van der Waals surface area contributed by atoms with E-state index in [2.05, 4.69) is 22.9 Å². The highest BCUT2D eigenvalue weighted by atomic mass is 32.1. The molecule has 5 N–H and O–H groups in total. The number of cyclic esters (lactones) is 2. The summed E-state index contributed by atoms with van der Waals surface area (Å²) in [7, 11) is 0. The van der Waals surface area contributed by atoms with Crippen LogP contribution in [0.3, 0.4) is 0 Å². The predicted molar refractivity (Wildman–Crippen MR) is 325 cm³/mol. The number of esters is 2. The Labute approximate surface area is 503 Å². The molecule has 0 aromatic heterocycles. The Morgan fingerprint density at radius 3 is 1.31 bits per heavy atom. The lowest BCUT2D eigenvalue weighted by Gasteiger charge is -2.36. The lowest BCUT2D eigenvalue weighted by Crippen LogP contribution is -2.50. The van der Waals surface area contributed by atoms with Crippen LogP contribution in [-0.4, -0.2) is 171 Å². The van der Waals surface area contributed by atoms with Crippen molar-refractivity contribution >= 4 is 116 Å². The van der Waals surface area contributed by atoms with Crippen LogP contribution in [-0.2, 0) is 38.1 Å². The van der Waals surface area contributed by atoms with Crippen molar-refractivity contribution in [3.05, 3.63) is 108 Å². The number of thiocarbonyl (C=S) groups is 2. The maximum Gasteiger partial charge on any atom is 0.414 e. The summed E-state index contributed by atoms with van der Waals surface area (Å²) in [5, 5.41) is 8.43. The quantitative estimate of drug-likeness (QED) is 0.0415. The van der Waals surface area contributed by atoms with Crippen LogP contribution in [0.2, 0.25) is 0 Å². The fourth-order valence-electron chi connectivity index (χ4n) is 8.76. The Morgan fingerprint density at radius 2 is 0.965 bits per heavy atom. The van der Waals surface area contributed by atoms with E-state index in [1.165, 1.54) is 46.2 Å². The molecule has 22 nitrogen and oxygen atoms in total. The van der Waals surface area contributed by atoms with Gasteiger partial charge in [0.2, 0.25) is 11.8 Å². The van der Waals surface area contributed by atoms with Crippen molar-refractivity contribution in [2.45, 2.75) is 72.5 Å². The summed E-state index contributed by atoms with van der Waals surface area (Å²) in [6, 6.07) is 21.6. The van der Waals surface area contributed by atoms with E-state index in [4.69, 9.17) is 49.1 Å². The molecule has 4 saturated heterocycles. The van der Waals surface area contributed by atoms with E-state index < -0.39 is 61.2 Å². The van der Waals surface area contributed by atoms with E-state index in [-0.39, 0.29) is 54.4 Å². The van der Waals surface area contributed by atoms with Crippen molar-refractivity contribution in [3.63, 3.8) is 0 Å². The van der Waals surface area contributed by atoms with Crippen LogP contribution in [0.4, 0.5) is 52.5 Å². The summed E-state index contributed by atoms with van der Waals surface area (Å²) in [5.41, 5.74) is 8.73. The fraction of sp³-hybridized carbons (Fsp3) is 0.424. The lowest BCUT2D eigenvalue weighted by molar-refractivity contribution is -0.135. The minimum atomic E-state index is -0.647. The average Bonchev–Trinajstić information content (AvgIpc) is 2.93. The molecule has 4 aromatic carbocycles. The number of nitrogens with one attached hydrogen (secondary N) is 3. The predicted octanol–water partition coefficient (Wildman–Crippen LogP) is 7.08. The number of hydrogen-bond donors (Lipinski definition) is 4. The first-order chi connectivity index (χ1) is 40.7. The average molecular weight is 1220 g/mol. The SMILES string of the molecule is CCC(=O)Nc1ccc(C(=O)OCC(=O)N2CCN(c3ccc(N4C[C@H](CN)OC4=O)cc3F)CC2)cc1.CCC(=O)Nc1ccc(C(=O)OCC(=O)N2CCN(c3ccc(N4C[C@H](CNC(=S)CC)OC4=O)cc3F)CC2)cc1.CCC(C)=S. The molecule has 4 aliphatic heterocycles. The van der Waals surface area contributed by atoms with Crippen molar-refractivity contribution in [1.82, 2.24) is 15.1 Å². The van der Waals surface area contributed by atoms with Gasteiger partial charge in [0.25, 0.3) is 11.8 Å². The zero-order valence-corrected chi connectivity index (χ0v) is 49.8. The maximum atomic E-state index is 15.1. The Morgan fingerprint density at radius 1 is 0.576 bits per heavy atom. The summed E-state index contributed by atoms with van der Waals surface area (Å²) in [6.07, 6.45) is 0.501. The first kappa shape index (κ1) is 65.8. The van der Waals surface area contributed by atoms with Crippen LogP contribution < -0.4 is 41.3 Å². The maximum absolute atomic E-state index is 15.1. The van der Waals surface area contributed by atoms with Gasteiger partial charge in [-0.3, -0.25) is 29.0 Å². The van der Waals surface area contributed by atoms with Gasteiger partial charge in [-0.1, -0.05) is 52.1 Å². The third-order valence-corrected chi connectivity index (χ3v) is 14.6. The molecular weight excluding hydrogens is 1140 g/mol. The van der Waals surface area contributed by atoms with E-state index in [1.54, 1.807) is 72.2 Å². The molecular formula is C59H72F2N10O12S2. The monoisotopic (exact) mass is 1210 g/mol. The van der Waals surface area contributed by atoms with Gasteiger partial charge in [-0.15, -0.1) is 0 Å². The Bertz CT molecular complexity index is 3050. The van der Waals surface area contributed by atoms with Crippen molar-refractivity contribution in [1.29, 1.82) is 0 Å². The van der Waals surface area contributed by atoms with Gasteiger partial charge in [0.05, 0.1) is 58.5 Å². The summed E-state index contributed by atoms with van der Waals surface area (Å²) in [4.78, 5) is 108. The summed E-state index contributed by atoms with van der Waals surface area (Å²) >= 11 is 9.84. The van der Waals surface area contributed by atoms with Gasteiger partial charge in [-0.25, -0.2) is 28.0 Å². The van der Waals surface area contributed by atoms with E-state index in [0.29, 0.717) is 117 Å². The Kier molecular flexibility index (Phi) is 24.8. The number of carbonyl (C=O) groups is 8. The molecule has 6 amide bonds. The molecule has 4 aromatic rings. The summed E-state index contributed by atoms with van der Waals surface area (Å²) < 4.78 is 50.9. The first-order valence-electron chi connectivity index (χ1n) is 27.9. The molecule has 456 valence electrons. The molecule has 0 saturated carbocycles. The molecule has 0 unspecified atom stereocenters.